The van der Waals surface area contributed by atoms with E-state index in [1.165, 1.54) is 23.3 Å². The van der Waals surface area contributed by atoms with Gasteiger partial charge in [0.1, 0.15) is 11.6 Å². The van der Waals surface area contributed by atoms with E-state index < -0.39 is 23.8 Å². The first-order chi connectivity index (χ1) is 19.3. The number of anilines is 1. The van der Waals surface area contributed by atoms with E-state index >= 15 is 0 Å². The highest BCUT2D eigenvalue weighted by atomic mass is 19.1. The average molecular weight is 550 g/mol. The molecule has 214 valence electrons. The molecule has 4 rings (SSSR count). The van der Waals surface area contributed by atoms with Gasteiger partial charge in [-0.1, -0.05) is 51.0 Å². The monoisotopic (exact) mass is 549 g/mol. The molecule has 1 aliphatic heterocycles. The van der Waals surface area contributed by atoms with Crippen LogP contribution in [0.2, 0.25) is 0 Å². The molecular formula is C33H41F2N3O2. The van der Waals surface area contributed by atoms with Gasteiger partial charge in [-0.2, -0.15) is 0 Å². The van der Waals surface area contributed by atoms with E-state index in [1.54, 1.807) is 6.07 Å². The molecular weight excluding hydrogens is 508 g/mol. The number of carbonyl (C=O) groups is 1. The number of rotatable bonds is 13. The maximum Gasteiger partial charge on any atom is 0.251 e. The van der Waals surface area contributed by atoms with Crippen LogP contribution in [0.1, 0.15) is 71.6 Å². The van der Waals surface area contributed by atoms with Crippen LogP contribution in [-0.4, -0.2) is 43.3 Å². The Bertz CT molecular complexity index is 1280. The van der Waals surface area contributed by atoms with Crippen LogP contribution in [0.3, 0.4) is 0 Å². The Labute approximate surface area is 236 Å². The molecule has 0 saturated heterocycles. The van der Waals surface area contributed by atoms with Gasteiger partial charge in [-0.25, -0.2) is 8.78 Å². The minimum atomic E-state index is -0.984. The quantitative estimate of drug-likeness (QED) is 0.254. The molecule has 3 aromatic rings. The zero-order chi connectivity index (χ0) is 28.6. The van der Waals surface area contributed by atoms with Crippen molar-refractivity contribution in [3.63, 3.8) is 0 Å². The van der Waals surface area contributed by atoms with Crippen molar-refractivity contribution in [2.24, 2.45) is 0 Å². The molecule has 0 saturated carbocycles. The van der Waals surface area contributed by atoms with E-state index in [2.05, 4.69) is 48.6 Å². The van der Waals surface area contributed by atoms with Gasteiger partial charge in [-0.3, -0.25) is 4.79 Å². The lowest BCUT2D eigenvalue weighted by Gasteiger charge is -2.25. The van der Waals surface area contributed by atoms with Crippen molar-refractivity contribution < 1.29 is 18.7 Å². The number of hydrogen-bond acceptors (Lipinski definition) is 4. The Morgan fingerprint density at radius 3 is 2.50 bits per heavy atom. The molecule has 3 N–H and O–H groups in total. The Morgan fingerprint density at radius 1 is 1.02 bits per heavy atom. The predicted molar refractivity (Wildman–Crippen MR) is 157 cm³/mol. The summed E-state index contributed by atoms with van der Waals surface area (Å²) in [5.74, 6) is -1.32. The van der Waals surface area contributed by atoms with Gasteiger partial charge in [0.2, 0.25) is 0 Å². The second-order valence-electron chi connectivity index (χ2n) is 10.9. The molecule has 0 aromatic heterocycles. The molecule has 0 spiro atoms. The summed E-state index contributed by atoms with van der Waals surface area (Å²) >= 11 is 0. The molecule has 3 atom stereocenters. The highest BCUT2D eigenvalue weighted by molar-refractivity contribution is 5.95. The second kappa shape index (κ2) is 13.9. The van der Waals surface area contributed by atoms with Gasteiger partial charge in [-0.05, 0) is 71.8 Å². The number of fused-ring (bicyclic) bond motifs is 1. The standard InChI is InChI=1S/C33H41F2N3O2/c1-4-6-10-26-21-38(3)31-12-11-25(17-29(26)31)33(40)37-30(16-24-14-27(34)18-28(35)15-24)32(39)20-36-19-23-9-7-8-22(5-2)13-23/h7-9,11-15,17-18,26,30,32,36,39H,4-6,10,16,19-21H2,1-3H3,(H,37,40)/t26?,30-,32+/m0/s1. The first-order valence-corrected chi connectivity index (χ1v) is 14.3. The predicted octanol–water partition coefficient (Wildman–Crippen LogP) is 5.74. The van der Waals surface area contributed by atoms with Gasteiger partial charge in [0, 0.05) is 49.9 Å². The number of carbonyl (C=O) groups excluding carboxylic acids is 1. The minimum Gasteiger partial charge on any atom is -0.390 e. The number of nitrogens with zero attached hydrogens (tertiary/aromatic N) is 1. The summed E-state index contributed by atoms with van der Waals surface area (Å²) in [6.07, 6.45) is 3.35. The number of nitrogens with one attached hydrogen (secondary N) is 2. The van der Waals surface area contributed by atoms with Gasteiger partial charge < -0.3 is 20.6 Å². The number of hydrogen-bond donors (Lipinski definition) is 3. The molecule has 7 heteroatoms. The van der Waals surface area contributed by atoms with Gasteiger partial charge in [-0.15, -0.1) is 0 Å². The highest BCUT2D eigenvalue weighted by Gasteiger charge is 2.28. The summed E-state index contributed by atoms with van der Waals surface area (Å²) in [5, 5.41) is 17.4. The smallest absolute Gasteiger partial charge is 0.251 e. The van der Waals surface area contributed by atoms with Crippen LogP contribution in [0.5, 0.6) is 0 Å². The number of unbranched alkanes of at least 4 members (excludes halogenated alkanes) is 1. The third kappa shape index (κ3) is 7.67. The molecule has 0 aliphatic carbocycles. The third-order valence-corrected chi connectivity index (χ3v) is 7.78. The molecule has 3 aromatic carbocycles. The van der Waals surface area contributed by atoms with Crippen molar-refractivity contribution in [1.29, 1.82) is 0 Å². The maximum atomic E-state index is 13.9. The molecule has 40 heavy (non-hydrogen) atoms. The number of amides is 1. The molecule has 1 amide bonds. The SMILES string of the molecule is CCCCC1CN(C)c2ccc(C(=O)N[C@@H](Cc3cc(F)cc(F)c3)[C@H](O)CNCc3cccc(CC)c3)cc21. The fraction of sp³-hybridized carbons (Fsp3) is 0.424. The van der Waals surface area contributed by atoms with Crippen molar-refractivity contribution in [2.45, 2.75) is 70.6 Å². The number of aliphatic hydroxyl groups is 1. The minimum absolute atomic E-state index is 0.0847. The molecule has 1 unspecified atom stereocenters. The van der Waals surface area contributed by atoms with Crippen molar-refractivity contribution >= 4 is 11.6 Å². The van der Waals surface area contributed by atoms with Gasteiger partial charge in [0.05, 0.1) is 12.1 Å². The zero-order valence-corrected chi connectivity index (χ0v) is 23.7. The maximum absolute atomic E-state index is 13.9. The number of aryl methyl sites for hydroxylation is 1. The van der Waals surface area contributed by atoms with Crippen LogP contribution in [0.15, 0.2) is 60.7 Å². The Morgan fingerprint density at radius 2 is 1.77 bits per heavy atom. The highest BCUT2D eigenvalue weighted by Crippen LogP contribution is 2.38. The zero-order valence-electron chi connectivity index (χ0n) is 23.7. The fourth-order valence-electron chi connectivity index (χ4n) is 5.58. The van der Waals surface area contributed by atoms with E-state index in [9.17, 15) is 18.7 Å². The molecule has 1 heterocycles. The first-order valence-electron chi connectivity index (χ1n) is 14.3. The van der Waals surface area contributed by atoms with Crippen LogP contribution in [0.25, 0.3) is 0 Å². The van der Waals surface area contributed by atoms with Crippen LogP contribution in [0.4, 0.5) is 14.5 Å². The van der Waals surface area contributed by atoms with Gasteiger partial charge in [0.15, 0.2) is 0 Å². The third-order valence-electron chi connectivity index (χ3n) is 7.78. The van der Waals surface area contributed by atoms with Crippen LogP contribution in [-0.2, 0) is 19.4 Å². The topological polar surface area (TPSA) is 64.6 Å². The Balaban J connectivity index is 1.49. The van der Waals surface area contributed by atoms with Crippen LogP contribution >= 0.6 is 0 Å². The second-order valence-corrected chi connectivity index (χ2v) is 10.9. The summed E-state index contributed by atoms with van der Waals surface area (Å²) in [6.45, 7) is 5.96. The largest absolute Gasteiger partial charge is 0.390 e. The first kappa shape index (κ1) is 29.7. The summed E-state index contributed by atoms with van der Waals surface area (Å²) < 4.78 is 27.9. The van der Waals surface area contributed by atoms with Gasteiger partial charge >= 0.3 is 0 Å². The normalized spacial score (nSPS) is 16.1. The number of halogens is 2. The lowest BCUT2D eigenvalue weighted by atomic mass is 9.94. The van der Waals surface area contributed by atoms with E-state index in [1.807, 2.05) is 24.3 Å². The molecule has 0 radical (unpaired) electrons. The number of benzene rings is 3. The van der Waals surface area contributed by atoms with Crippen molar-refractivity contribution in [1.82, 2.24) is 10.6 Å². The van der Waals surface area contributed by atoms with Crippen LogP contribution in [0, 0.1) is 11.6 Å². The van der Waals surface area contributed by atoms with Crippen molar-refractivity contribution in [3.8, 4) is 0 Å². The molecule has 5 nitrogen and oxygen atoms in total. The van der Waals surface area contributed by atoms with E-state index in [4.69, 9.17) is 0 Å². The lowest BCUT2D eigenvalue weighted by Crippen LogP contribution is -2.48. The summed E-state index contributed by atoms with van der Waals surface area (Å²) in [4.78, 5) is 15.7. The van der Waals surface area contributed by atoms with E-state index in [0.29, 0.717) is 23.6 Å². The van der Waals surface area contributed by atoms with Crippen molar-refractivity contribution in [3.05, 3.63) is 100 Å². The fourth-order valence-corrected chi connectivity index (χ4v) is 5.58. The van der Waals surface area contributed by atoms with E-state index in [-0.39, 0.29) is 18.9 Å². The van der Waals surface area contributed by atoms with Crippen LogP contribution < -0.4 is 15.5 Å². The summed E-state index contributed by atoms with van der Waals surface area (Å²) in [5.41, 5.74) is 5.52. The van der Waals surface area contributed by atoms with E-state index in [0.717, 1.165) is 49.5 Å². The Kier molecular flexibility index (Phi) is 10.3. The average Bonchev–Trinajstić information content (AvgIpc) is 3.25. The number of likely N-dealkylation sites (N-methyl/N-ethyl adjacent to an activating group) is 1. The molecule has 0 bridgehead atoms. The summed E-state index contributed by atoms with van der Waals surface area (Å²) in [6, 6.07) is 16.5. The number of aliphatic hydroxyl groups excluding tert-OH is 1. The lowest BCUT2D eigenvalue weighted by molar-refractivity contribution is 0.0829. The van der Waals surface area contributed by atoms with Crippen molar-refractivity contribution in [2.75, 3.05) is 25.0 Å². The summed E-state index contributed by atoms with van der Waals surface area (Å²) in [7, 11) is 2.07. The van der Waals surface area contributed by atoms with Gasteiger partial charge in [0.25, 0.3) is 5.91 Å². The Hall–Kier alpha value is -3.29. The molecule has 0 fully saturated rings. The molecule has 1 aliphatic rings.